The summed E-state index contributed by atoms with van der Waals surface area (Å²) in [5.74, 6) is -2.94. The second-order valence-corrected chi connectivity index (χ2v) is 7.77. The van der Waals surface area contributed by atoms with Gasteiger partial charge >= 0.3 is 6.18 Å². The van der Waals surface area contributed by atoms with Crippen molar-refractivity contribution in [1.82, 2.24) is 0 Å². The Morgan fingerprint density at radius 1 is 0.788 bits per heavy atom. The van der Waals surface area contributed by atoms with Gasteiger partial charge in [-0.2, -0.15) is 13.2 Å². The second kappa shape index (κ2) is 7.70. The first kappa shape index (κ1) is 21.1. The standard InChI is InChI=1S/C24H16F4N2O3/c25-16-11-9-14(10-12-16)20-19-21(33-30(20)17-6-2-1-3-7-17)23(32)29(22(19)31)18-8-4-5-15(13-18)24(26,27)28/h1-13,19-21H/t19-,20-,21+/m0/s1. The molecule has 3 atom stereocenters. The van der Waals surface area contributed by atoms with Gasteiger partial charge in [0.05, 0.1) is 23.0 Å². The minimum atomic E-state index is -4.63. The Balaban J connectivity index is 1.57. The maximum atomic E-state index is 13.6. The van der Waals surface area contributed by atoms with E-state index in [0.717, 1.165) is 23.1 Å². The number of carbonyl (C=O) groups excluding carboxylic acids is 2. The topological polar surface area (TPSA) is 49.9 Å². The molecular weight excluding hydrogens is 440 g/mol. The number of imide groups is 1. The molecule has 3 aromatic rings. The quantitative estimate of drug-likeness (QED) is 0.416. The summed E-state index contributed by atoms with van der Waals surface area (Å²) in [5, 5.41) is 1.43. The normalized spacial score (nSPS) is 22.7. The van der Waals surface area contributed by atoms with Crippen LogP contribution in [0.4, 0.5) is 28.9 Å². The highest BCUT2D eigenvalue weighted by molar-refractivity contribution is 6.24. The van der Waals surface area contributed by atoms with Crippen molar-refractivity contribution >= 4 is 23.2 Å². The lowest BCUT2D eigenvalue weighted by molar-refractivity contribution is -0.137. The Hall–Kier alpha value is -3.72. The van der Waals surface area contributed by atoms with Crippen LogP contribution in [0.25, 0.3) is 0 Å². The number of fused-ring (bicyclic) bond motifs is 1. The van der Waals surface area contributed by atoms with Crippen molar-refractivity contribution in [2.75, 3.05) is 9.96 Å². The van der Waals surface area contributed by atoms with Gasteiger partial charge in [0.15, 0.2) is 6.10 Å². The van der Waals surface area contributed by atoms with Crippen LogP contribution in [0.3, 0.4) is 0 Å². The van der Waals surface area contributed by atoms with Crippen LogP contribution in [0.2, 0.25) is 0 Å². The molecule has 2 aliphatic rings. The lowest BCUT2D eigenvalue weighted by Gasteiger charge is -2.28. The molecule has 2 saturated heterocycles. The van der Waals surface area contributed by atoms with E-state index in [4.69, 9.17) is 4.84 Å². The van der Waals surface area contributed by atoms with Gasteiger partial charge < -0.3 is 0 Å². The molecule has 0 aromatic heterocycles. The highest BCUT2D eigenvalue weighted by Gasteiger charge is 2.60. The molecule has 2 fully saturated rings. The van der Waals surface area contributed by atoms with Crippen LogP contribution in [0.5, 0.6) is 0 Å². The molecule has 0 spiro atoms. The van der Waals surface area contributed by atoms with E-state index in [2.05, 4.69) is 0 Å². The zero-order valence-corrected chi connectivity index (χ0v) is 16.9. The fourth-order valence-electron chi connectivity index (χ4n) is 4.29. The number of benzene rings is 3. The summed E-state index contributed by atoms with van der Waals surface area (Å²) in [6, 6.07) is 17.5. The number of carbonyl (C=O) groups is 2. The van der Waals surface area contributed by atoms with Crippen molar-refractivity contribution in [3.8, 4) is 0 Å². The van der Waals surface area contributed by atoms with E-state index in [0.29, 0.717) is 11.3 Å². The average Bonchev–Trinajstić information content (AvgIpc) is 3.30. The number of alkyl halides is 3. The molecule has 0 N–H and O–H groups in total. The summed E-state index contributed by atoms with van der Waals surface area (Å²) in [4.78, 5) is 33.3. The summed E-state index contributed by atoms with van der Waals surface area (Å²) >= 11 is 0. The summed E-state index contributed by atoms with van der Waals surface area (Å²) < 4.78 is 53.1. The lowest BCUT2D eigenvalue weighted by Crippen LogP contribution is -2.37. The van der Waals surface area contributed by atoms with Gasteiger partial charge in [0.2, 0.25) is 5.91 Å². The summed E-state index contributed by atoms with van der Waals surface area (Å²) in [5.41, 5.74) is -0.0474. The Bertz CT molecular complexity index is 1210. The number of amides is 2. The van der Waals surface area contributed by atoms with Crippen LogP contribution in [0.1, 0.15) is 17.2 Å². The van der Waals surface area contributed by atoms with Gasteiger partial charge in [0.1, 0.15) is 11.7 Å². The Morgan fingerprint density at radius 3 is 2.12 bits per heavy atom. The summed E-state index contributed by atoms with van der Waals surface area (Å²) in [6.45, 7) is 0. The van der Waals surface area contributed by atoms with E-state index in [-0.39, 0.29) is 5.69 Å². The smallest absolute Gasteiger partial charge is 0.273 e. The van der Waals surface area contributed by atoms with E-state index in [1.807, 2.05) is 0 Å². The third kappa shape index (κ3) is 3.54. The van der Waals surface area contributed by atoms with Crippen LogP contribution in [-0.4, -0.2) is 17.9 Å². The number of hydrogen-bond donors (Lipinski definition) is 0. The van der Waals surface area contributed by atoms with E-state index < -0.39 is 47.4 Å². The average molecular weight is 456 g/mol. The monoisotopic (exact) mass is 456 g/mol. The Labute approximate surface area is 185 Å². The van der Waals surface area contributed by atoms with Gasteiger partial charge in [-0.05, 0) is 48.0 Å². The third-order valence-corrected chi connectivity index (χ3v) is 5.77. The lowest BCUT2D eigenvalue weighted by atomic mass is 9.90. The van der Waals surface area contributed by atoms with Crippen molar-refractivity contribution in [3.05, 3.63) is 95.8 Å². The number of hydroxylamine groups is 1. The molecule has 0 unspecified atom stereocenters. The fourth-order valence-corrected chi connectivity index (χ4v) is 4.29. The predicted octanol–water partition coefficient (Wildman–Crippen LogP) is 4.90. The van der Waals surface area contributed by atoms with Crippen molar-refractivity contribution in [3.63, 3.8) is 0 Å². The summed E-state index contributed by atoms with van der Waals surface area (Å²) in [7, 11) is 0. The molecule has 9 heteroatoms. The first-order chi connectivity index (χ1) is 15.8. The number of halogens is 4. The van der Waals surface area contributed by atoms with Gasteiger partial charge in [0.25, 0.3) is 5.91 Å². The summed E-state index contributed by atoms with van der Waals surface area (Å²) in [6.07, 6.45) is -5.86. The second-order valence-electron chi connectivity index (χ2n) is 7.77. The molecular formula is C24H16F4N2O3. The highest BCUT2D eigenvalue weighted by atomic mass is 19.4. The molecule has 2 aliphatic heterocycles. The number of anilines is 2. The number of nitrogens with zero attached hydrogens (tertiary/aromatic N) is 2. The maximum absolute atomic E-state index is 13.6. The molecule has 5 nitrogen and oxygen atoms in total. The third-order valence-electron chi connectivity index (χ3n) is 5.77. The van der Waals surface area contributed by atoms with E-state index in [9.17, 15) is 27.2 Å². The SMILES string of the molecule is O=C1[C@@H]2[C@@H](ON(c3ccccc3)[C@H]2c2ccc(F)cc2)C(=O)N1c1cccc(C(F)(F)F)c1. The van der Waals surface area contributed by atoms with Gasteiger partial charge in [-0.25, -0.2) is 14.4 Å². The number of hydrogen-bond acceptors (Lipinski definition) is 4. The van der Waals surface area contributed by atoms with Crippen molar-refractivity contribution in [1.29, 1.82) is 0 Å². The van der Waals surface area contributed by atoms with Crippen molar-refractivity contribution in [2.45, 2.75) is 18.3 Å². The first-order valence-corrected chi connectivity index (χ1v) is 10.1. The van der Waals surface area contributed by atoms with Crippen LogP contribution >= 0.6 is 0 Å². The molecule has 2 heterocycles. The van der Waals surface area contributed by atoms with Crippen molar-refractivity contribution in [2.24, 2.45) is 5.92 Å². The van der Waals surface area contributed by atoms with Gasteiger partial charge in [0, 0.05) is 0 Å². The van der Waals surface area contributed by atoms with Crippen LogP contribution in [0, 0.1) is 11.7 Å². The van der Waals surface area contributed by atoms with E-state index >= 15 is 0 Å². The zero-order chi connectivity index (χ0) is 23.3. The molecule has 33 heavy (non-hydrogen) atoms. The maximum Gasteiger partial charge on any atom is 0.416 e. The van der Waals surface area contributed by atoms with Crippen LogP contribution in [0.15, 0.2) is 78.9 Å². The number of rotatable bonds is 3. The fraction of sp³-hybridized carbons (Fsp3) is 0.167. The molecule has 5 rings (SSSR count). The molecule has 168 valence electrons. The molecule has 0 radical (unpaired) electrons. The first-order valence-electron chi connectivity index (χ1n) is 10.1. The molecule has 0 saturated carbocycles. The number of para-hydroxylation sites is 1. The Morgan fingerprint density at radius 2 is 1.45 bits per heavy atom. The molecule has 2 amide bonds. The van der Waals surface area contributed by atoms with Crippen LogP contribution < -0.4 is 9.96 Å². The largest absolute Gasteiger partial charge is 0.416 e. The minimum Gasteiger partial charge on any atom is -0.273 e. The van der Waals surface area contributed by atoms with Crippen LogP contribution in [-0.2, 0) is 20.6 Å². The Kier molecular flexibility index (Phi) is 4.93. The molecule has 3 aromatic carbocycles. The van der Waals surface area contributed by atoms with Gasteiger partial charge in [-0.3, -0.25) is 14.4 Å². The zero-order valence-electron chi connectivity index (χ0n) is 16.9. The van der Waals surface area contributed by atoms with Gasteiger partial charge in [-0.15, -0.1) is 0 Å². The van der Waals surface area contributed by atoms with E-state index in [1.165, 1.54) is 35.4 Å². The van der Waals surface area contributed by atoms with E-state index in [1.54, 1.807) is 30.3 Å². The highest BCUT2D eigenvalue weighted by Crippen LogP contribution is 2.47. The van der Waals surface area contributed by atoms with Crippen molar-refractivity contribution < 1.29 is 32.0 Å². The minimum absolute atomic E-state index is 0.179. The predicted molar refractivity (Wildman–Crippen MR) is 110 cm³/mol. The molecule has 0 bridgehead atoms. The van der Waals surface area contributed by atoms with Gasteiger partial charge in [-0.1, -0.05) is 36.4 Å². The molecule has 0 aliphatic carbocycles.